The topological polar surface area (TPSA) is 101 Å². The van der Waals surface area contributed by atoms with Crippen LogP contribution < -0.4 is 10.2 Å². The first-order chi connectivity index (χ1) is 24.9. The van der Waals surface area contributed by atoms with Gasteiger partial charge in [0.1, 0.15) is 0 Å². The van der Waals surface area contributed by atoms with E-state index < -0.39 is 0 Å². The Hall–Kier alpha value is -4.17. The van der Waals surface area contributed by atoms with Crippen LogP contribution >= 0.6 is 11.6 Å². The molecule has 0 unspecified atom stereocenters. The molecule has 0 saturated carbocycles. The van der Waals surface area contributed by atoms with Crippen LogP contribution in [0.3, 0.4) is 0 Å². The minimum Gasteiger partial charge on any atom is -0.367 e. The number of hydrogen-bond acceptors (Lipinski definition) is 7. The summed E-state index contributed by atoms with van der Waals surface area (Å²) in [6.07, 6.45) is 12.2. The average molecular weight is 739 g/mol. The predicted molar refractivity (Wildman–Crippen MR) is 219 cm³/mol. The maximum Gasteiger partial charge on any atom is 0.220 e. The molecule has 0 atom stereocenters. The molecule has 0 spiro atoms. The third-order valence-corrected chi connectivity index (χ3v) is 9.26. The summed E-state index contributed by atoms with van der Waals surface area (Å²) in [5.41, 5.74) is 11.9. The van der Waals surface area contributed by atoms with Gasteiger partial charge in [-0.25, -0.2) is 0 Å². The highest BCUT2D eigenvalue weighted by molar-refractivity contribution is 6.31. The number of nitrogens with zero attached hydrogens (tertiary/aromatic N) is 5. The standard InChI is InChI=1S/C22H29N3O.C14H13ClN2.C8H17NO/c1-15-9-10-23-19(11-15)20-12-21(17-7-6-8-18(17)24-20)25(5)14-16(26)13-22(2,3)4;1-9-5-6-16-13(7-9)14-8-11(15)10-3-2-4-12(10)17-14;1-5-6-7(10)9-8(2,3)4/h9-12H,6-8,13-14H2,1-5H3;5-8H,2-4H2,1H3;5-6H2,1-4H3,(H,9,10). The second-order valence-electron chi connectivity index (χ2n) is 16.7. The highest BCUT2D eigenvalue weighted by atomic mass is 35.5. The fourth-order valence-corrected chi connectivity index (χ4v) is 6.98. The number of hydrogen-bond donors (Lipinski definition) is 1. The summed E-state index contributed by atoms with van der Waals surface area (Å²) in [6, 6.07) is 12.1. The van der Waals surface area contributed by atoms with Crippen molar-refractivity contribution in [2.75, 3.05) is 18.5 Å². The van der Waals surface area contributed by atoms with Crippen molar-refractivity contribution < 1.29 is 9.59 Å². The van der Waals surface area contributed by atoms with Gasteiger partial charge in [-0.15, -0.1) is 0 Å². The summed E-state index contributed by atoms with van der Waals surface area (Å²) in [5.74, 6) is 0.425. The Morgan fingerprint density at radius 2 is 1.30 bits per heavy atom. The summed E-state index contributed by atoms with van der Waals surface area (Å²) in [4.78, 5) is 43.9. The zero-order valence-electron chi connectivity index (χ0n) is 33.6. The van der Waals surface area contributed by atoms with Crippen LogP contribution in [0.4, 0.5) is 5.69 Å². The van der Waals surface area contributed by atoms with E-state index in [4.69, 9.17) is 16.6 Å². The van der Waals surface area contributed by atoms with Crippen LogP contribution in [0.5, 0.6) is 0 Å². The molecule has 0 bridgehead atoms. The quantitative estimate of drug-likeness (QED) is 0.192. The Bertz CT molecular complexity index is 1890. The van der Waals surface area contributed by atoms with Crippen molar-refractivity contribution in [1.29, 1.82) is 0 Å². The maximum atomic E-state index is 12.5. The second kappa shape index (κ2) is 18.2. The summed E-state index contributed by atoms with van der Waals surface area (Å²) < 4.78 is 0. The molecule has 4 heterocycles. The van der Waals surface area contributed by atoms with E-state index in [0.717, 1.165) is 89.8 Å². The maximum absolute atomic E-state index is 12.5. The summed E-state index contributed by atoms with van der Waals surface area (Å²) >= 11 is 6.30. The van der Waals surface area contributed by atoms with E-state index >= 15 is 0 Å². The normalized spacial score (nSPS) is 13.2. The van der Waals surface area contributed by atoms with Crippen molar-refractivity contribution in [3.63, 3.8) is 0 Å². The molecule has 6 rings (SSSR count). The largest absolute Gasteiger partial charge is 0.367 e. The molecule has 1 N–H and O–H groups in total. The molecule has 284 valence electrons. The molecule has 0 fully saturated rings. The molecular formula is C44H59ClN6O2. The molecule has 0 aromatic carbocycles. The number of carbonyl (C=O) groups excluding carboxylic acids is 2. The second-order valence-corrected chi connectivity index (χ2v) is 17.1. The van der Waals surface area contributed by atoms with E-state index in [9.17, 15) is 9.59 Å². The fourth-order valence-electron chi connectivity index (χ4n) is 6.68. The predicted octanol–water partition coefficient (Wildman–Crippen LogP) is 9.68. The van der Waals surface area contributed by atoms with Gasteiger partial charge in [0.05, 0.1) is 29.3 Å². The average Bonchev–Trinajstić information content (AvgIpc) is 3.73. The first-order valence-corrected chi connectivity index (χ1v) is 19.4. The fraction of sp³-hybridized carbons (Fsp3) is 0.500. The molecule has 4 aromatic rings. The van der Waals surface area contributed by atoms with Crippen molar-refractivity contribution >= 4 is 29.0 Å². The molecule has 2 aliphatic rings. The van der Waals surface area contributed by atoms with E-state index in [0.29, 0.717) is 19.4 Å². The van der Waals surface area contributed by atoms with Crippen LogP contribution in [0.15, 0.2) is 48.8 Å². The molecule has 0 saturated heterocycles. The number of Topliss-reactive ketones (excluding diaryl/α,β-unsaturated/α-hetero) is 1. The number of ketones is 1. The molecule has 0 radical (unpaired) electrons. The molecule has 0 aliphatic heterocycles. The van der Waals surface area contributed by atoms with Crippen molar-refractivity contribution in [3.05, 3.63) is 87.5 Å². The van der Waals surface area contributed by atoms with Crippen molar-refractivity contribution in [3.8, 4) is 22.8 Å². The Morgan fingerprint density at radius 1 is 0.774 bits per heavy atom. The van der Waals surface area contributed by atoms with Gasteiger partial charge in [0, 0.05) is 59.9 Å². The minimum atomic E-state index is -0.0771. The third kappa shape index (κ3) is 12.7. The lowest BCUT2D eigenvalue weighted by molar-refractivity contribution is -0.122. The zero-order valence-corrected chi connectivity index (χ0v) is 34.4. The summed E-state index contributed by atoms with van der Waals surface area (Å²) in [5, 5.41) is 3.72. The number of likely N-dealkylation sites (N-methyl/N-ethyl adjacent to an activating group) is 1. The van der Waals surface area contributed by atoms with Gasteiger partial charge in [0.25, 0.3) is 0 Å². The van der Waals surface area contributed by atoms with E-state index in [1.54, 1.807) is 0 Å². The molecule has 1 amide bonds. The van der Waals surface area contributed by atoms with Crippen molar-refractivity contribution in [1.82, 2.24) is 25.3 Å². The number of nitrogens with one attached hydrogen (secondary N) is 1. The molecular weight excluding hydrogens is 680 g/mol. The number of aromatic nitrogens is 4. The van der Waals surface area contributed by atoms with Crippen LogP contribution in [-0.2, 0) is 35.3 Å². The van der Waals surface area contributed by atoms with Crippen LogP contribution in [-0.4, -0.2) is 50.8 Å². The van der Waals surface area contributed by atoms with E-state index in [1.165, 1.54) is 22.3 Å². The molecule has 2 aliphatic carbocycles. The number of amides is 1. The lowest BCUT2D eigenvalue weighted by atomic mass is 9.90. The zero-order chi connectivity index (χ0) is 38.9. The number of fused-ring (bicyclic) bond motifs is 2. The minimum absolute atomic E-state index is 0.0226. The Morgan fingerprint density at radius 3 is 1.81 bits per heavy atom. The lowest BCUT2D eigenvalue weighted by Gasteiger charge is -2.24. The van der Waals surface area contributed by atoms with Crippen LogP contribution in [0.1, 0.15) is 114 Å². The monoisotopic (exact) mass is 738 g/mol. The van der Waals surface area contributed by atoms with Crippen LogP contribution in [0, 0.1) is 19.3 Å². The van der Waals surface area contributed by atoms with Crippen LogP contribution in [0.25, 0.3) is 22.8 Å². The van der Waals surface area contributed by atoms with Gasteiger partial charge in [-0.05, 0) is 144 Å². The van der Waals surface area contributed by atoms with Gasteiger partial charge in [-0.2, -0.15) is 0 Å². The SMILES string of the molecule is CCCC(=O)NC(C)(C)C.Cc1ccnc(-c2cc(Cl)c3c(n2)CCC3)c1.Cc1ccnc(-c2cc(N(C)CC(=O)CC(C)(C)C)c3c(n2)CCC3)c1. The van der Waals surface area contributed by atoms with Gasteiger partial charge >= 0.3 is 0 Å². The summed E-state index contributed by atoms with van der Waals surface area (Å²) in [6.45, 7) is 18.8. The smallest absolute Gasteiger partial charge is 0.220 e. The number of pyridine rings is 4. The first kappa shape index (κ1) is 41.6. The van der Waals surface area contributed by atoms with Gasteiger partial charge in [0.15, 0.2) is 5.78 Å². The van der Waals surface area contributed by atoms with Gasteiger partial charge in [-0.1, -0.05) is 39.3 Å². The first-order valence-electron chi connectivity index (χ1n) is 19.0. The van der Waals surface area contributed by atoms with Crippen molar-refractivity contribution in [2.24, 2.45) is 5.41 Å². The lowest BCUT2D eigenvalue weighted by Crippen LogP contribution is -2.40. The summed E-state index contributed by atoms with van der Waals surface area (Å²) in [7, 11) is 2.02. The van der Waals surface area contributed by atoms with Crippen LogP contribution in [0.2, 0.25) is 5.02 Å². The van der Waals surface area contributed by atoms with Gasteiger partial charge in [-0.3, -0.25) is 29.5 Å². The van der Waals surface area contributed by atoms with E-state index in [1.807, 2.05) is 71.4 Å². The Balaban J connectivity index is 0.000000199. The number of halogens is 1. The molecule has 8 nitrogen and oxygen atoms in total. The number of anilines is 1. The van der Waals surface area contributed by atoms with Gasteiger partial charge in [0.2, 0.25) is 5.91 Å². The third-order valence-electron chi connectivity index (χ3n) is 8.92. The highest BCUT2D eigenvalue weighted by Gasteiger charge is 2.24. The van der Waals surface area contributed by atoms with E-state index in [2.05, 4.69) is 71.9 Å². The highest BCUT2D eigenvalue weighted by Crippen LogP contribution is 2.34. The number of aryl methyl sites for hydroxylation is 4. The molecule has 53 heavy (non-hydrogen) atoms. The number of carbonyl (C=O) groups is 2. The Labute approximate surface area is 322 Å². The Kier molecular flexibility index (Phi) is 14.3. The van der Waals surface area contributed by atoms with E-state index in [-0.39, 0.29) is 22.6 Å². The molecule has 4 aromatic heterocycles. The van der Waals surface area contributed by atoms with Crippen molar-refractivity contribution in [2.45, 2.75) is 126 Å². The number of rotatable bonds is 8. The van der Waals surface area contributed by atoms with Gasteiger partial charge < -0.3 is 10.2 Å². The molecule has 9 heteroatoms.